The predicted molar refractivity (Wildman–Crippen MR) is 108 cm³/mol. The molecule has 1 unspecified atom stereocenters. The lowest BCUT2D eigenvalue weighted by Gasteiger charge is -2.31. The molecule has 0 spiro atoms. The molecular formula is C21H17N3O3S. The number of hydrogen-bond acceptors (Lipinski definition) is 5. The summed E-state index contributed by atoms with van der Waals surface area (Å²) in [5, 5.41) is 3.22. The number of hydrogen-bond donors (Lipinski definition) is 3. The first-order valence-corrected chi connectivity index (χ1v) is 9.57. The van der Waals surface area contributed by atoms with Gasteiger partial charge in [-0.1, -0.05) is 30.3 Å². The summed E-state index contributed by atoms with van der Waals surface area (Å²) < 4.78 is 6.38. The van der Waals surface area contributed by atoms with Crippen molar-refractivity contribution in [3.63, 3.8) is 0 Å². The molecule has 3 aromatic rings. The highest BCUT2D eigenvalue weighted by Gasteiger charge is 2.39. The zero-order chi connectivity index (χ0) is 19.3. The molecule has 0 bridgehead atoms. The summed E-state index contributed by atoms with van der Waals surface area (Å²) in [5.41, 5.74) is 2.50. The molecule has 0 amide bonds. The minimum Gasteiger partial charge on any atom is -0.460 e. The fourth-order valence-corrected chi connectivity index (χ4v) is 4.24. The van der Waals surface area contributed by atoms with Crippen LogP contribution in [0, 0.1) is 4.77 Å². The summed E-state index contributed by atoms with van der Waals surface area (Å²) in [6.45, 7) is 0. The molecule has 28 heavy (non-hydrogen) atoms. The van der Waals surface area contributed by atoms with Gasteiger partial charge >= 0.3 is 0 Å². The fourth-order valence-electron chi connectivity index (χ4n) is 4.04. The summed E-state index contributed by atoms with van der Waals surface area (Å²) >= 11 is 5.12. The molecule has 3 heterocycles. The molecule has 2 aromatic heterocycles. The molecule has 3 N–H and O–H groups in total. The molecule has 1 aromatic carbocycles. The summed E-state index contributed by atoms with van der Waals surface area (Å²) in [4.78, 5) is 31.2. The minimum absolute atomic E-state index is 0.0453. The van der Waals surface area contributed by atoms with Crippen LogP contribution in [0.5, 0.6) is 0 Å². The third-order valence-electron chi connectivity index (χ3n) is 5.26. The van der Waals surface area contributed by atoms with Crippen LogP contribution in [0.4, 0.5) is 5.82 Å². The maximum Gasteiger partial charge on any atom is 0.258 e. The normalized spacial score (nSPS) is 18.4. The smallest absolute Gasteiger partial charge is 0.258 e. The highest BCUT2D eigenvalue weighted by molar-refractivity contribution is 7.71. The molecular weight excluding hydrogens is 374 g/mol. The van der Waals surface area contributed by atoms with Crippen LogP contribution in [0.1, 0.15) is 36.5 Å². The maximum atomic E-state index is 12.8. The topological polar surface area (TPSA) is 90.9 Å². The predicted octanol–water partition coefficient (Wildman–Crippen LogP) is 4.26. The maximum absolute atomic E-state index is 12.8. The lowest BCUT2D eigenvalue weighted by Crippen LogP contribution is -2.32. The number of rotatable bonds is 2. The Kier molecular flexibility index (Phi) is 3.91. The first-order valence-electron chi connectivity index (χ1n) is 9.17. The number of carbonyl (C=O) groups is 1. The molecule has 1 aliphatic carbocycles. The van der Waals surface area contributed by atoms with E-state index in [4.69, 9.17) is 16.6 Å². The van der Waals surface area contributed by atoms with Gasteiger partial charge in [0.1, 0.15) is 17.3 Å². The minimum atomic E-state index is -0.563. The molecule has 140 valence electrons. The molecule has 0 saturated carbocycles. The number of ketones is 1. The van der Waals surface area contributed by atoms with Crippen molar-refractivity contribution in [3.8, 4) is 11.3 Å². The second-order valence-electron chi connectivity index (χ2n) is 6.99. The second-order valence-corrected chi connectivity index (χ2v) is 7.40. The summed E-state index contributed by atoms with van der Waals surface area (Å²) in [6.07, 6.45) is 2.00. The van der Waals surface area contributed by atoms with E-state index in [1.165, 1.54) is 0 Å². The van der Waals surface area contributed by atoms with Gasteiger partial charge in [0, 0.05) is 23.3 Å². The third kappa shape index (κ3) is 2.66. The van der Waals surface area contributed by atoms with Crippen molar-refractivity contribution in [1.82, 2.24) is 9.97 Å². The Morgan fingerprint density at radius 3 is 2.64 bits per heavy atom. The largest absolute Gasteiger partial charge is 0.460 e. The van der Waals surface area contributed by atoms with Gasteiger partial charge in [-0.05, 0) is 37.2 Å². The van der Waals surface area contributed by atoms with E-state index in [0.29, 0.717) is 34.9 Å². The van der Waals surface area contributed by atoms with Crippen molar-refractivity contribution in [2.75, 3.05) is 5.32 Å². The van der Waals surface area contributed by atoms with Crippen LogP contribution in [0.2, 0.25) is 0 Å². The van der Waals surface area contributed by atoms with Crippen molar-refractivity contribution in [2.24, 2.45) is 0 Å². The van der Waals surface area contributed by atoms with Gasteiger partial charge in [0.2, 0.25) is 0 Å². The van der Waals surface area contributed by atoms with Gasteiger partial charge in [0.15, 0.2) is 10.6 Å². The van der Waals surface area contributed by atoms with Gasteiger partial charge in [-0.2, -0.15) is 0 Å². The Bertz CT molecular complexity index is 1230. The fraction of sp³-hybridized carbons (Fsp3) is 0.190. The van der Waals surface area contributed by atoms with Crippen molar-refractivity contribution in [1.29, 1.82) is 0 Å². The lowest BCUT2D eigenvalue weighted by molar-refractivity contribution is -0.116. The van der Waals surface area contributed by atoms with Crippen molar-refractivity contribution >= 4 is 23.8 Å². The Balaban J connectivity index is 1.72. The van der Waals surface area contributed by atoms with Gasteiger partial charge < -0.3 is 14.7 Å². The van der Waals surface area contributed by atoms with Gasteiger partial charge in [0.25, 0.3) is 5.56 Å². The van der Waals surface area contributed by atoms with Crippen LogP contribution in [-0.2, 0) is 4.79 Å². The number of benzene rings is 1. The molecule has 0 saturated heterocycles. The molecule has 6 nitrogen and oxygen atoms in total. The summed E-state index contributed by atoms with van der Waals surface area (Å²) in [6, 6.07) is 13.4. The number of H-pyrrole nitrogens is 2. The van der Waals surface area contributed by atoms with E-state index < -0.39 is 5.92 Å². The van der Waals surface area contributed by atoms with Gasteiger partial charge in [-0.25, -0.2) is 0 Å². The number of aromatic nitrogens is 2. The standard InChI is InChI=1S/C21H17N3O3S/c25-13-8-4-7-12-16(13)17(18-19(22-12)23-21(28)24-20(18)26)15-10-9-14(27-15)11-5-2-1-3-6-11/h1-3,5-6,9-10,17H,4,7-8H2,(H3,22,23,24,26,28). The number of allylic oxidation sites excluding steroid dienone is 2. The van der Waals surface area contributed by atoms with Gasteiger partial charge in [0.05, 0.1) is 11.5 Å². The highest BCUT2D eigenvalue weighted by Crippen LogP contribution is 2.44. The Morgan fingerprint density at radius 1 is 1.00 bits per heavy atom. The molecule has 7 heteroatoms. The average Bonchev–Trinajstić information content (AvgIpc) is 3.17. The van der Waals surface area contributed by atoms with E-state index in [0.717, 1.165) is 24.1 Å². The van der Waals surface area contributed by atoms with E-state index in [1.54, 1.807) is 0 Å². The monoisotopic (exact) mass is 391 g/mol. The van der Waals surface area contributed by atoms with E-state index in [9.17, 15) is 9.59 Å². The number of anilines is 1. The number of fused-ring (bicyclic) bond motifs is 1. The van der Waals surface area contributed by atoms with Crippen molar-refractivity contribution in [3.05, 3.63) is 80.2 Å². The average molecular weight is 391 g/mol. The zero-order valence-corrected chi connectivity index (χ0v) is 15.7. The molecule has 1 atom stereocenters. The van der Waals surface area contributed by atoms with Crippen LogP contribution < -0.4 is 10.9 Å². The van der Waals surface area contributed by atoms with Gasteiger partial charge in [-0.3, -0.25) is 14.6 Å². The van der Waals surface area contributed by atoms with Crippen LogP contribution in [-0.4, -0.2) is 15.8 Å². The third-order valence-corrected chi connectivity index (χ3v) is 5.46. The van der Waals surface area contributed by atoms with Crippen LogP contribution in [0.15, 0.2) is 62.9 Å². The number of furan rings is 1. The lowest BCUT2D eigenvalue weighted by atomic mass is 9.79. The molecule has 0 radical (unpaired) electrons. The second kappa shape index (κ2) is 6.45. The summed E-state index contributed by atoms with van der Waals surface area (Å²) in [5.74, 6) is 1.28. The number of nitrogens with one attached hydrogen (secondary N) is 3. The molecule has 0 fully saturated rings. The van der Waals surface area contributed by atoms with E-state index in [2.05, 4.69) is 15.3 Å². The molecule has 1 aliphatic heterocycles. The van der Waals surface area contributed by atoms with E-state index in [1.807, 2.05) is 42.5 Å². The van der Waals surface area contributed by atoms with Crippen LogP contribution >= 0.6 is 12.2 Å². The zero-order valence-electron chi connectivity index (χ0n) is 14.9. The first-order chi connectivity index (χ1) is 13.6. The van der Waals surface area contributed by atoms with Crippen molar-refractivity contribution in [2.45, 2.75) is 25.2 Å². The molecule has 2 aliphatic rings. The van der Waals surface area contributed by atoms with E-state index in [-0.39, 0.29) is 16.1 Å². The number of Topliss-reactive ketones (excluding diaryl/α,β-unsaturated/α-hetero) is 1. The Hall–Kier alpha value is -3.19. The quantitative estimate of drug-likeness (QED) is 0.568. The van der Waals surface area contributed by atoms with Crippen LogP contribution in [0.25, 0.3) is 11.3 Å². The van der Waals surface area contributed by atoms with Crippen LogP contribution in [0.3, 0.4) is 0 Å². The van der Waals surface area contributed by atoms with Crippen molar-refractivity contribution < 1.29 is 9.21 Å². The highest BCUT2D eigenvalue weighted by atomic mass is 32.1. The number of aromatic amines is 2. The Morgan fingerprint density at radius 2 is 1.82 bits per heavy atom. The van der Waals surface area contributed by atoms with Gasteiger partial charge in [-0.15, -0.1) is 0 Å². The SMILES string of the molecule is O=C1CCCC2=C1C(c1ccc(-c3ccccc3)o1)c1c([nH]c(=S)[nH]c1=O)N2. The first kappa shape index (κ1) is 16.9. The Labute approximate surface area is 165 Å². The summed E-state index contributed by atoms with van der Waals surface area (Å²) in [7, 11) is 0. The molecule has 5 rings (SSSR count). The van der Waals surface area contributed by atoms with E-state index >= 15 is 0 Å². The number of carbonyl (C=O) groups excluding carboxylic acids is 1.